The summed E-state index contributed by atoms with van der Waals surface area (Å²) in [6.07, 6.45) is 1.40. The van der Waals surface area contributed by atoms with Crippen LogP contribution in [0.1, 0.15) is 20.8 Å². The molecule has 0 aromatic rings. The van der Waals surface area contributed by atoms with Crippen LogP contribution in [0.2, 0.25) is 9.88 Å². The Morgan fingerprint density at radius 1 is 0.452 bits per heavy atom. The zero-order chi connectivity index (χ0) is 26.3. The van der Waals surface area contributed by atoms with E-state index in [0.717, 1.165) is 20.8 Å². The first kappa shape index (κ1) is 39.1. The molecule has 12 nitrogen and oxygen atoms in total. The molecular weight excluding hydrogens is 634 g/mol. The fourth-order valence-corrected chi connectivity index (χ4v) is 0.707. The molecule has 31 heavy (non-hydrogen) atoms. The van der Waals surface area contributed by atoms with Crippen molar-refractivity contribution in [3.63, 3.8) is 0 Å². The maximum atomic E-state index is 9.76. The standard InChI is InChI=1S/3C5H6O4.2CH3.2Sn/c3*1-3(5(8)9)2-4(6)7;;;;/h3*2H,1H3,(H,6,7)(H,8,9);2*1H3;;/q;;;;;2*+3/p-6/b3*3-2-;;;;. The van der Waals surface area contributed by atoms with Gasteiger partial charge < -0.3 is 59.4 Å². The SMILES string of the molecule is C/C(=C/C(=O)[O-])C(=O)[O-].C/C(=C/C(=O)[O-])C(=O)[O-].C/C(=C/C(=O)[O-])C(=O)[O-].[CH3][Sn+3].[CH3][Sn+3]. The third kappa shape index (κ3) is 38.8. The molecule has 0 saturated heterocycles. The molecule has 0 fully saturated rings. The summed E-state index contributed by atoms with van der Waals surface area (Å²) in [5.41, 5.74) is -1.06. The van der Waals surface area contributed by atoms with Crippen molar-refractivity contribution in [3.8, 4) is 0 Å². The van der Waals surface area contributed by atoms with E-state index in [1.54, 1.807) is 45.0 Å². The van der Waals surface area contributed by atoms with Gasteiger partial charge in [0.25, 0.3) is 0 Å². The van der Waals surface area contributed by atoms with Gasteiger partial charge in [-0.05, 0) is 55.7 Å². The number of hydrogen-bond acceptors (Lipinski definition) is 12. The van der Waals surface area contributed by atoms with Gasteiger partial charge in [-0.2, -0.15) is 0 Å². The van der Waals surface area contributed by atoms with Crippen molar-refractivity contribution in [2.24, 2.45) is 0 Å². The molecule has 14 heteroatoms. The Bertz CT molecular complexity index is 611. The van der Waals surface area contributed by atoms with E-state index in [0.29, 0.717) is 18.2 Å². The van der Waals surface area contributed by atoms with E-state index in [1.807, 2.05) is 0 Å². The second-order valence-corrected chi connectivity index (χ2v) is 4.30. The zero-order valence-electron chi connectivity index (χ0n) is 17.1. The summed E-state index contributed by atoms with van der Waals surface area (Å²) in [5, 5.41) is 58.2. The van der Waals surface area contributed by atoms with Crippen molar-refractivity contribution in [3.05, 3.63) is 34.9 Å². The van der Waals surface area contributed by atoms with Gasteiger partial charge in [-0.15, -0.1) is 0 Å². The predicted molar refractivity (Wildman–Crippen MR) is 94.5 cm³/mol. The first-order chi connectivity index (χ1) is 14.1. The molecule has 0 aromatic heterocycles. The minimum absolute atomic E-state index is 0.352. The molecular formula is C17H18O12Sn2. The quantitative estimate of drug-likeness (QED) is 0.192. The Hall–Kier alpha value is -2.36. The molecule has 0 amide bonds. The number of hydrogen-bond donors (Lipinski definition) is 0. The summed E-state index contributed by atoms with van der Waals surface area (Å²) in [6, 6.07) is 0. The minimum atomic E-state index is -1.53. The summed E-state index contributed by atoms with van der Waals surface area (Å²) < 4.78 is 0. The Kier molecular flexibility index (Phi) is 32.4. The summed E-state index contributed by atoms with van der Waals surface area (Å²) in [7, 11) is 0. The van der Waals surface area contributed by atoms with E-state index in [-0.39, 0.29) is 16.7 Å². The summed E-state index contributed by atoms with van der Waals surface area (Å²) >= 11 is 3.10. The Morgan fingerprint density at radius 2 is 0.581 bits per heavy atom. The van der Waals surface area contributed by atoms with Gasteiger partial charge >= 0.3 is 54.9 Å². The number of carbonyl (C=O) groups excluding carboxylic acids is 6. The van der Waals surface area contributed by atoms with E-state index in [2.05, 4.69) is 9.88 Å². The molecule has 0 bridgehead atoms. The monoisotopic (exact) mass is 654 g/mol. The van der Waals surface area contributed by atoms with Gasteiger partial charge in [-0.1, -0.05) is 0 Å². The number of carboxylic acids is 6. The van der Waals surface area contributed by atoms with Crippen molar-refractivity contribution < 1.29 is 59.4 Å². The van der Waals surface area contributed by atoms with Crippen molar-refractivity contribution in [1.29, 1.82) is 0 Å². The molecule has 0 spiro atoms. The average Bonchev–Trinajstić information content (AvgIpc) is 2.64. The normalized spacial score (nSPS) is 10.0. The van der Waals surface area contributed by atoms with E-state index >= 15 is 0 Å². The second kappa shape index (κ2) is 25.7. The van der Waals surface area contributed by atoms with Crippen LogP contribution in [0.3, 0.4) is 0 Å². The molecule has 0 aliphatic rings. The summed E-state index contributed by atoms with van der Waals surface area (Å²) in [5.74, 6) is -9.09. The van der Waals surface area contributed by atoms with E-state index < -0.39 is 35.8 Å². The van der Waals surface area contributed by atoms with E-state index in [1.165, 1.54) is 0 Å². The summed E-state index contributed by atoms with van der Waals surface area (Å²) in [4.78, 5) is 62.4. The first-order valence-corrected chi connectivity index (χ1v) is 13.1. The topological polar surface area (TPSA) is 241 Å². The van der Waals surface area contributed by atoms with Crippen molar-refractivity contribution in [2.75, 3.05) is 0 Å². The molecule has 0 aliphatic carbocycles. The van der Waals surface area contributed by atoms with Crippen LogP contribution in [0.4, 0.5) is 0 Å². The molecule has 0 aliphatic heterocycles. The number of aliphatic carboxylic acids is 6. The van der Waals surface area contributed by atoms with Gasteiger partial charge in [0, 0.05) is 0 Å². The van der Waals surface area contributed by atoms with Gasteiger partial charge in [-0.25, -0.2) is 0 Å². The third-order valence-electron chi connectivity index (χ3n) is 1.97. The molecule has 0 rings (SSSR count). The second-order valence-electron chi connectivity index (χ2n) is 4.30. The molecule has 0 atom stereocenters. The van der Waals surface area contributed by atoms with Crippen LogP contribution in [-0.2, 0) is 28.8 Å². The molecule has 0 saturated carbocycles. The van der Waals surface area contributed by atoms with Gasteiger partial charge in [0.1, 0.15) is 0 Å². The van der Waals surface area contributed by atoms with Crippen LogP contribution in [0.25, 0.3) is 0 Å². The fraction of sp³-hybridized carbons (Fsp3) is 0.294. The molecule has 0 heterocycles. The van der Waals surface area contributed by atoms with E-state index in [4.69, 9.17) is 0 Å². The zero-order valence-corrected chi connectivity index (χ0v) is 22.8. The van der Waals surface area contributed by atoms with Crippen LogP contribution in [-0.4, -0.2) is 80.9 Å². The molecule has 0 unspecified atom stereocenters. The van der Waals surface area contributed by atoms with Gasteiger partial charge in [0.15, 0.2) is 0 Å². The maximum absolute atomic E-state index is 9.76. The Labute approximate surface area is 205 Å². The molecule has 166 valence electrons. The molecule has 0 N–H and O–H groups in total. The van der Waals surface area contributed by atoms with Crippen LogP contribution in [0.15, 0.2) is 34.9 Å². The summed E-state index contributed by atoms with van der Waals surface area (Å²) in [6.45, 7) is 3.35. The average molecular weight is 652 g/mol. The van der Waals surface area contributed by atoms with Crippen molar-refractivity contribution in [1.82, 2.24) is 0 Å². The van der Waals surface area contributed by atoms with Gasteiger partial charge in [-0.3, -0.25) is 0 Å². The number of carbonyl (C=O) groups is 6. The van der Waals surface area contributed by atoms with Crippen LogP contribution >= 0.6 is 0 Å². The van der Waals surface area contributed by atoms with Crippen molar-refractivity contribution in [2.45, 2.75) is 30.7 Å². The fourth-order valence-electron chi connectivity index (χ4n) is 0.707. The Balaban J connectivity index is -0.000000101. The number of carboxylic acid groups (broad SMARTS) is 6. The van der Waals surface area contributed by atoms with E-state index in [9.17, 15) is 59.4 Å². The van der Waals surface area contributed by atoms with Crippen molar-refractivity contribution >= 4 is 80.9 Å². The number of rotatable bonds is 6. The van der Waals surface area contributed by atoms with Gasteiger partial charge in [0.2, 0.25) is 0 Å². The third-order valence-corrected chi connectivity index (χ3v) is 1.97. The Morgan fingerprint density at radius 3 is 0.613 bits per heavy atom. The molecule has 0 radical (unpaired) electrons. The van der Waals surface area contributed by atoms with Crippen LogP contribution in [0, 0.1) is 0 Å². The predicted octanol–water partition coefficient (Wildman–Crippen LogP) is -7.30. The molecule has 0 aromatic carbocycles. The van der Waals surface area contributed by atoms with Gasteiger partial charge in [0.05, 0.1) is 35.8 Å². The first-order valence-electron chi connectivity index (χ1n) is 7.43. The van der Waals surface area contributed by atoms with Crippen LogP contribution < -0.4 is 30.6 Å². The van der Waals surface area contributed by atoms with Crippen LogP contribution in [0.5, 0.6) is 0 Å².